The van der Waals surface area contributed by atoms with Gasteiger partial charge in [-0.25, -0.2) is 0 Å². The first kappa shape index (κ1) is 96.5. The summed E-state index contributed by atoms with van der Waals surface area (Å²) >= 11 is 0. The Kier molecular flexibility index (Phi) is 78.4. The zero-order valence-corrected chi connectivity index (χ0v) is 67.7. The van der Waals surface area contributed by atoms with Crippen molar-refractivity contribution in [2.75, 3.05) is 47.5 Å². The smallest absolute Gasteiger partial charge is 0.306 e. The number of likely N-dealkylation sites (N-methyl/N-ethyl adjacent to an activating group) is 1. The Morgan fingerprint density at radius 3 is 0.806 bits per heavy atom. The van der Waals surface area contributed by atoms with Gasteiger partial charge in [0.1, 0.15) is 19.8 Å². The summed E-state index contributed by atoms with van der Waals surface area (Å²) in [6.45, 7) is 4.33. The minimum Gasteiger partial charge on any atom is -0.756 e. The van der Waals surface area contributed by atoms with Crippen molar-refractivity contribution in [3.63, 3.8) is 0 Å². The monoisotopic (exact) mass is 1400 g/mol. The molecule has 0 saturated carbocycles. The third-order valence-electron chi connectivity index (χ3n) is 20.5. The third-order valence-corrected chi connectivity index (χ3v) is 21.4. The molecule has 0 aliphatic carbocycles. The molecule has 582 valence electrons. The highest BCUT2D eigenvalue weighted by molar-refractivity contribution is 7.45. The van der Waals surface area contributed by atoms with Crippen LogP contribution in [0.3, 0.4) is 0 Å². The summed E-state index contributed by atoms with van der Waals surface area (Å²) in [5.74, 6) is -0.802. The molecule has 0 fully saturated rings. The van der Waals surface area contributed by atoms with Crippen molar-refractivity contribution >= 4 is 19.8 Å². The maximum absolute atomic E-state index is 12.9. The molecule has 0 radical (unpaired) electrons. The van der Waals surface area contributed by atoms with Gasteiger partial charge in [-0.15, -0.1) is 0 Å². The van der Waals surface area contributed by atoms with Crippen molar-refractivity contribution in [2.24, 2.45) is 0 Å². The molecule has 0 saturated heterocycles. The van der Waals surface area contributed by atoms with Gasteiger partial charge in [0.15, 0.2) is 6.10 Å². The summed E-state index contributed by atoms with van der Waals surface area (Å²) in [4.78, 5) is 38.2. The van der Waals surface area contributed by atoms with E-state index in [2.05, 4.69) is 38.2 Å². The normalized spacial score (nSPS) is 13.0. The summed E-state index contributed by atoms with van der Waals surface area (Å²) in [5.41, 5.74) is 0. The van der Waals surface area contributed by atoms with Gasteiger partial charge in [-0.2, -0.15) is 0 Å². The van der Waals surface area contributed by atoms with Crippen molar-refractivity contribution in [2.45, 2.75) is 482 Å². The largest absolute Gasteiger partial charge is 0.756 e. The van der Waals surface area contributed by atoms with Crippen molar-refractivity contribution in [1.82, 2.24) is 0 Å². The molecule has 2 atom stereocenters. The van der Waals surface area contributed by atoms with Crippen LogP contribution in [-0.4, -0.2) is 70.0 Å². The summed E-state index contributed by atoms with van der Waals surface area (Å²) in [7, 11) is 1.20. The SMILES string of the molecule is CCCCCCC/C=C\C/C=C\CCCCCCCCCCCCCCCCCCCCCCCCCCCC(=O)OC(COC(=O)CCCCCCCCCCCCCCCCCCCCCCCCCCCCCCCCCCCCCCC)COP(=O)([O-])OCC[N+](C)(C)C. The van der Waals surface area contributed by atoms with Gasteiger partial charge in [-0.3, -0.25) is 14.2 Å². The molecule has 2 unspecified atom stereocenters. The highest BCUT2D eigenvalue weighted by Gasteiger charge is 2.22. The highest BCUT2D eigenvalue weighted by Crippen LogP contribution is 2.38. The molecular weight excluding hydrogens is 1230 g/mol. The standard InChI is InChI=1S/C88H172NO8P/c1-6-8-10-12-14-16-18-20-22-24-26-28-30-32-34-36-38-40-42-44-46-48-50-52-54-56-58-60-62-64-66-68-70-72-74-76-78-80-87(90)94-84-86(85-96-98(92,93)95-83-82-89(3,4)5)97-88(91)81-79-77-75-73-71-69-67-65-63-61-59-57-55-53-51-49-47-45-43-41-39-37-35-33-31-29-27-25-23-21-19-17-15-13-11-9-7-2/h19,21,25,27,86H,6-18,20,22-24,26,28-85H2,1-5H3/b21-19-,27-25-. The Hall–Kier alpha value is -1.51. The Labute approximate surface area is 612 Å². The molecule has 0 aliphatic rings. The molecule has 0 aromatic carbocycles. The number of nitrogens with zero attached hydrogens (tertiary/aromatic N) is 1. The number of phosphoric ester groups is 1. The second-order valence-electron chi connectivity index (χ2n) is 31.6. The number of esters is 2. The van der Waals surface area contributed by atoms with E-state index < -0.39 is 26.5 Å². The fourth-order valence-corrected chi connectivity index (χ4v) is 14.5. The Morgan fingerprint density at radius 2 is 0.551 bits per heavy atom. The van der Waals surface area contributed by atoms with Crippen LogP contribution in [0, 0.1) is 0 Å². The summed E-state index contributed by atoms with van der Waals surface area (Å²) in [5, 5.41) is 0. The number of unbranched alkanes of at least 4 members (excludes halogenated alkanes) is 66. The number of rotatable bonds is 84. The van der Waals surface area contributed by atoms with E-state index in [-0.39, 0.29) is 32.0 Å². The molecule has 9 nitrogen and oxygen atoms in total. The van der Waals surface area contributed by atoms with Crippen molar-refractivity contribution in [3.8, 4) is 0 Å². The van der Waals surface area contributed by atoms with E-state index in [1.807, 2.05) is 21.1 Å². The van der Waals surface area contributed by atoms with Gasteiger partial charge in [-0.05, 0) is 44.9 Å². The average Bonchev–Trinajstić information content (AvgIpc) is 1.08. The van der Waals surface area contributed by atoms with Crippen LogP contribution < -0.4 is 4.89 Å². The number of carbonyl (C=O) groups excluding carboxylic acids is 2. The number of quaternary nitrogens is 1. The molecule has 0 N–H and O–H groups in total. The number of allylic oxidation sites excluding steroid dienone is 4. The maximum Gasteiger partial charge on any atom is 0.306 e. The first-order valence-corrected chi connectivity index (χ1v) is 45.5. The van der Waals surface area contributed by atoms with E-state index in [1.54, 1.807) is 0 Å². The van der Waals surface area contributed by atoms with Gasteiger partial charge >= 0.3 is 11.9 Å². The van der Waals surface area contributed by atoms with Crippen molar-refractivity contribution < 1.29 is 42.1 Å². The topological polar surface area (TPSA) is 111 Å². The van der Waals surface area contributed by atoms with Gasteiger partial charge in [-0.1, -0.05) is 443 Å². The first-order valence-electron chi connectivity index (χ1n) is 44.0. The minimum absolute atomic E-state index is 0.0259. The molecule has 0 bridgehead atoms. The van der Waals surface area contributed by atoms with E-state index >= 15 is 0 Å². The Balaban J connectivity index is 3.84. The summed E-state index contributed by atoms with van der Waals surface area (Å²) in [6.07, 6.45) is 104. The number of carbonyl (C=O) groups is 2. The quantitative estimate of drug-likeness (QED) is 0.0195. The van der Waals surface area contributed by atoms with Gasteiger partial charge < -0.3 is 27.9 Å². The van der Waals surface area contributed by atoms with Crippen molar-refractivity contribution in [1.29, 1.82) is 0 Å². The molecular formula is C88H172NO8P. The third kappa shape index (κ3) is 83.4. The lowest BCUT2D eigenvalue weighted by molar-refractivity contribution is -0.870. The van der Waals surface area contributed by atoms with Crippen LogP contribution in [0.1, 0.15) is 476 Å². The number of phosphoric acid groups is 1. The van der Waals surface area contributed by atoms with Crippen molar-refractivity contribution in [3.05, 3.63) is 24.3 Å². The lowest BCUT2D eigenvalue weighted by Crippen LogP contribution is -2.37. The molecule has 0 aromatic heterocycles. The van der Waals surface area contributed by atoms with Crippen LogP contribution >= 0.6 is 7.82 Å². The van der Waals surface area contributed by atoms with E-state index in [9.17, 15) is 19.0 Å². The predicted octanol–water partition coefficient (Wildman–Crippen LogP) is 28.9. The second-order valence-corrected chi connectivity index (χ2v) is 33.0. The van der Waals surface area contributed by atoms with Gasteiger partial charge in [0.05, 0.1) is 27.7 Å². The van der Waals surface area contributed by atoms with Gasteiger partial charge in [0.25, 0.3) is 7.82 Å². The molecule has 0 spiro atoms. The lowest BCUT2D eigenvalue weighted by Gasteiger charge is -2.28. The maximum atomic E-state index is 12.9. The predicted molar refractivity (Wildman–Crippen MR) is 425 cm³/mol. The van der Waals surface area contributed by atoms with E-state index in [0.717, 1.165) is 38.5 Å². The zero-order chi connectivity index (χ0) is 71.1. The van der Waals surface area contributed by atoms with Crippen LogP contribution in [0.2, 0.25) is 0 Å². The summed E-state index contributed by atoms with van der Waals surface area (Å²) < 4.78 is 34.5. The highest BCUT2D eigenvalue weighted by atomic mass is 31.2. The summed E-state index contributed by atoms with van der Waals surface area (Å²) in [6, 6.07) is 0. The van der Waals surface area contributed by atoms with Crippen LogP contribution in [0.15, 0.2) is 24.3 Å². The minimum atomic E-state index is -4.64. The Bertz CT molecular complexity index is 1700. The van der Waals surface area contributed by atoms with E-state index in [4.69, 9.17) is 18.5 Å². The second kappa shape index (κ2) is 79.6. The molecule has 0 rings (SSSR count). The molecule has 0 aromatic rings. The van der Waals surface area contributed by atoms with Crippen LogP contribution in [0.4, 0.5) is 0 Å². The fraction of sp³-hybridized carbons (Fsp3) is 0.932. The lowest BCUT2D eigenvalue weighted by atomic mass is 10.0. The zero-order valence-electron chi connectivity index (χ0n) is 66.8. The van der Waals surface area contributed by atoms with Crippen LogP contribution in [0.5, 0.6) is 0 Å². The first-order chi connectivity index (χ1) is 48.0. The van der Waals surface area contributed by atoms with Crippen LogP contribution in [0.25, 0.3) is 0 Å². The number of hydrogen-bond donors (Lipinski definition) is 0. The van der Waals surface area contributed by atoms with E-state index in [0.29, 0.717) is 17.4 Å². The molecule has 10 heteroatoms. The molecule has 0 aliphatic heterocycles. The number of hydrogen-bond acceptors (Lipinski definition) is 8. The van der Waals surface area contributed by atoms with Crippen LogP contribution in [-0.2, 0) is 32.7 Å². The van der Waals surface area contributed by atoms with E-state index in [1.165, 1.54) is 405 Å². The fourth-order valence-electron chi connectivity index (χ4n) is 13.8. The average molecular weight is 1400 g/mol. The van der Waals surface area contributed by atoms with Gasteiger partial charge in [0, 0.05) is 12.8 Å². The molecule has 0 heterocycles. The molecule has 0 amide bonds. The van der Waals surface area contributed by atoms with Gasteiger partial charge in [0.2, 0.25) is 0 Å². The molecule has 98 heavy (non-hydrogen) atoms. The number of ether oxygens (including phenoxy) is 2. The Morgan fingerprint density at radius 1 is 0.316 bits per heavy atom.